The van der Waals surface area contributed by atoms with Crippen LogP contribution in [0.2, 0.25) is 0 Å². The molecule has 0 aliphatic rings. The summed E-state index contributed by atoms with van der Waals surface area (Å²) in [6, 6.07) is 20.8. The van der Waals surface area contributed by atoms with Gasteiger partial charge in [0, 0.05) is 16.3 Å². The first-order valence-electron chi connectivity index (χ1n) is 9.88. The lowest BCUT2D eigenvalue weighted by atomic mass is 10.1. The van der Waals surface area contributed by atoms with Crippen molar-refractivity contribution in [3.63, 3.8) is 0 Å². The van der Waals surface area contributed by atoms with E-state index in [1.165, 1.54) is 23.1 Å². The van der Waals surface area contributed by atoms with E-state index in [4.69, 9.17) is 0 Å². The van der Waals surface area contributed by atoms with Crippen molar-refractivity contribution in [3.8, 4) is 5.75 Å². The van der Waals surface area contributed by atoms with E-state index in [0.29, 0.717) is 11.3 Å². The SMILES string of the molecule is C[C@@H](NC(=O)CSc1nc2ccc(N=Cc3cc(Br)ccc3O)cc2s1)c1ccccc1. The number of aliphatic imine (C=N–C) groups is 1. The zero-order valence-electron chi connectivity index (χ0n) is 17.2. The van der Waals surface area contributed by atoms with E-state index in [9.17, 15) is 9.90 Å². The quantitative estimate of drug-likeness (QED) is 0.213. The maximum atomic E-state index is 12.3. The Morgan fingerprint density at radius 2 is 2.03 bits per heavy atom. The number of aromatic hydroxyl groups is 1. The van der Waals surface area contributed by atoms with Crippen LogP contribution in [0.15, 0.2) is 80.5 Å². The van der Waals surface area contributed by atoms with Gasteiger partial charge in [0.1, 0.15) is 5.75 Å². The number of halogens is 1. The molecule has 4 aromatic rings. The first-order valence-corrected chi connectivity index (χ1v) is 12.5. The summed E-state index contributed by atoms with van der Waals surface area (Å²) in [4.78, 5) is 21.4. The number of amides is 1. The molecule has 32 heavy (non-hydrogen) atoms. The molecular weight excluding hydrogens is 506 g/mol. The highest BCUT2D eigenvalue weighted by molar-refractivity contribution is 9.10. The van der Waals surface area contributed by atoms with Crippen molar-refractivity contribution < 1.29 is 9.90 Å². The first kappa shape index (κ1) is 22.5. The Morgan fingerprint density at radius 3 is 2.84 bits per heavy atom. The number of thiazole rings is 1. The normalized spacial score (nSPS) is 12.3. The van der Waals surface area contributed by atoms with Crippen molar-refractivity contribution in [1.29, 1.82) is 0 Å². The molecule has 0 radical (unpaired) electrons. The second-order valence-electron chi connectivity index (χ2n) is 7.08. The summed E-state index contributed by atoms with van der Waals surface area (Å²) < 4.78 is 2.71. The average molecular weight is 526 g/mol. The number of carbonyl (C=O) groups is 1. The number of nitrogens with one attached hydrogen (secondary N) is 1. The third kappa shape index (κ3) is 5.76. The predicted octanol–water partition coefficient (Wildman–Crippen LogP) is 6.48. The lowest BCUT2D eigenvalue weighted by Crippen LogP contribution is -2.28. The summed E-state index contributed by atoms with van der Waals surface area (Å²) in [5.74, 6) is 0.462. The number of benzene rings is 3. The third-order valence-electron chi connectivity index (χ3n) is 4.70. The van der Waals surface area contributed by atoms with E-state index in [-0.39, 0.29) is 17.7 Å². The Bertz CT molecular complexity index is 1270. The van der Waals surface area contributed by atoms with Gasteiger partial charge in [-0.1, -0.05) is 58.0 Å². The molecule has 0 fully saturated rings. The van der Waals surface area contributed by atoms with Gasteiger partial charge in [0.15, 0.2) is 4.34 Å². The molecule has 0 unspecified atom stereocenters. The highest BCUT2D eigenvalue weighted by atomic mass is 79.9. The number of phenolic OH excluding ortho intramolecular Hbond substituents is 1. The molecule has 3 aromatic carbocycles. The van der Waals surface area contributed by atoms with Crippen molar-refractivity contribution in [2.24, 2.45) is 4.99 Å². The molecule has 4 rings (SSSR count). The molecule has 0 aliphatic carbocycles. The van der Waals surface area contributed by atoms with Crippen molar-refractivity contribution >= 4 is 67.1 Å². The zero-order chi connectivity index (χ0) is 22.5. The van der Waals surface area contributed by atoms with Gasteiger partial charge in [-0.05, 0) is 48.9 Å². The minimum Gasteiger partial charge on any atom is -0.507 e. The van der Waals surface area contributed by atoms with E-state index in [2.05, 4.69) is 31.2 Å². The summed E-state index contributed by atoms with van der Waals surface area (Å²) in [5.41, 5.74) is 3.36. The number of thioether (sulfide) groups is 1. The Hall–Kier alpha value is -2.68. The molecule has 2 N–H and O–H groups in total. The Labute approximate surface area is 202 Å². The first-order chi connectivity index (χ1) is 15.5. The summed E-state index contributed by atoms with van der Waals surface area (Å²) >= 11 is 6.36. The molecule has 162 valence electrons. The van der Waals surface area contributed by atoms with E-state index in [1.54, 1.807) is 18.3 Å². The molecule has 1 heterocycles. The predicted molar refractivity (Wildman–Crippen MR) is 136 cm³/mol. The third-order valence-corrected chi connectivity index (χ3v) is 7.35. The van der Waals surface area contributed by atoms with Crippen LogP contribution in [0.1, 0.15) is 24.1 Å². The minimum absolute atomic E-state index is 0.0234. The average Bonchev–Trinajstić information content (AvgIpc) is 3.21. The summed E-state index contributed by atoms with van der Waals surface area (Å²) in [6.07, 6.45) is 1.64. The lowest BCUT2D eigenvalue weighted by molar-refractivity contribution is -0.119. The van der Waals surface area contributed by atoms with Crippen LogP contribution in [0, 0.1) is 0 Å². The van der Waals surface area contributed by atoms with Crippen LogP contribution in [0.4, 0.5) is 5.69 Å². The number of aromatic nitrogens is 1. The second kappa shape index (κ2) is 10.3. The van der Waals surface area contributed by atoms with Crippen LogP contribution in [0.5, 0.6) is 5.75 Å². The van der Waals surface area contributed by atoms with Crippen LogP contribution in [0.3, 0.4) is 0 Å². The van der Waals surface area contributed by atoms with Crippen LogP contribution in [-0.2, 0) is 4.79 Å². The van der Waals surface area contributed by atoms with Crippen molar-refractivity contribution in [1.82, 2.24) is 10.3 Å². The fourth-order valence-electron chi connectivity index (χ4n) is 3.04. The molecule has 5 nitrogen and oxygen atoms in total. The molecule has 0 saturated heterocycles. The smallest absolute Gasteiger partial charge is 0.230 e. The van der Waals surface area contributed by atoms with Crippen molar-refractivity contribution in [3.05, 3.63) is 82.3 Å². The van der Waals surface area contributed by atoms with Gasteiger partial charge in [-0.2, -0.15) is 0 Å². The number of nitrogens with zero attached hydrogens (tertiary/aromatic N) is 2. The zero-order valence-corrected chi connectivity index (χ0v) is 20.4. The number of hydrogen-bond donors (Lipinski definition) is 2. The fourth-order valence-corrected chi connectivity index (χ4v) is 5.33. The van der Waals surface area contributed by atoms with E-state index in [0.717, 1.165) is 30.3 Å². The van der Waals surface area contributed by atoms with Gasteiger partial charge in [0.25, 0.3) is 0 Å². The standard InChI is InChI=1S/C24H20BrN3O2S2/c1-15(16-5-3-2-4-6-16)27-23(30)14-31-24-28-20-9-8-19(12-22(20)32-24)26-13-17-11-18(25)7-10-21(17)29/h2-13,15,29H,14H2,1H3,(H,27,30)/t15-/m1/s1. The molecule has 8 heteroatoms. The molecule has 1 amide bonds. The second-order valence-corrected chi connectivity index (χ2v) is 10.3. The van der Waals surface area contributed by atoms with Crippen LogP contribution in [-0.4, -0.2) is 28.0 Å². The van der Waals surface area contributed by atoms with Gasteiger partial charge in [-0.25, -0.2) is 4.98 Å². The van der Waals surface area contributed by atoms with Crippen molar-refractivity contribution in [2.45, 2.75) is 17.3 Å². The number of hydrogen-bond acceptors (Lipinski definition) is 6. The molecule has 0 saturated carbocycles. The van der Waals surface area contributed by atoms with Gasteiger partial charge in [-0.15, -0.1) is 11.3 Å². The number of rotatable bonds is 7. The Morgan fingerprint density at radius 1 is 1.22 bits per heavy atom. The number of fused-ring (bicyclic) bond motifs is 1. The number of phenols is 1. The van der Waals surface area contributed by atoms with Gasteiger partial charge < -0.3 is 10.4 Å². The van der Waals surface area contributed by atoms with E-state index in [1.807, 2.05) is 61.5 Å². The Balaban J connectivity index is 1.39. The molecule has 0 aliphatic heterocycles. The topological polar surface area (TPSA) is 74.6 Å². The van der Waals surface area contributed by atoms with Gasteiger partial charge >= 0.3 is 0 Å². The van der Waals surface area contributed by atoms with Crippen LogP contribution >= 0.6 is 39.0 Å². The van der Waals surface area contributed by atoms with Gasteiger partial charge in [-0.3, -0.25) is 9.79 Å². The fraction of sp³-hybridized carbons (Fsp3) is 0.125. The maximum absolute atomic E-state index is 12.3. The molecule has 0 bridgehead atoms. The largest absolute Gasteiger partial charge is 0.507 e. The van der Waals surface area contributed by atoms with Gasteiger partial charge in [0.2, 0.25) is 5.91 Å². The van der Waals surface area contributed by atoms with Crippen LogP contribution in [0.25, 0.3) is 10.2 Å². The highest BCUT2D eigenvalue weighted by Gasteiger charge is 2.12. The molecule has 0 spiro atoms. The van der Waals surface area contributed by atoms with E-state index < -0.39 is 0 Å². The molecule has 1 aromatic heterocycles. The summed E-state index contributed by atoms with van der Waals surface area (Å²) in [5, 5.41) is 13.0. The Kier molecular flexibility index (Phi) is 7.24. The van der Waals surface area contributed by atoms with Gasteiger partial charge in [0.05, 0.1) is 27.7 Å². The molecule has 1 atom stereocenters. The molecular formula is C24H20BrN3O2S2. The van der Waals surface area contributed by atoms with Crippen molar-refractivity contribution in [2.75, 3.05) is 5.75 Å². The number of carbonyl (C=O) groups excluding carboxylic acids is 1. The van der Waals surface area contributed by atoms with E-state index >= 15 is 0 Å². The van der Waals surface area contributed by atoms with Crippen LogP contribution < -0.4 is 5.32 Å². The minimum atomic E-state index is -0.0373. The summed E-state index contributed by atoms with van der Waals surface area (Å²) in [7, 11) is 0. The monoisotopic (exact) mass is 525 g/mol. The maximum Gasteiger partial charge on any atom is 0.230 e. The lowest BCUT2D eigenvalue weighted by Gasteiger charge is -2.13. The summed E-state index contributed by atoms with van der Waals surface area (Å²) in [6.45, 7) is 1.98. The highest BCUT2D eigenvalue weighted by Crippen LogP contribution is 2.32.